The summed E-state index contributed by atoms with van der Waals surface area (Å²) in [6.07, 6.45) is 0. The highest BCUT2D eigenvalue weighted by Gasteiger charge is 2.16. The number of nitrogens with one attached hydrogen (secondary N) is 1. The van der Waals surface area contributed by atoms with E-state index in [4.69, 9.17) is 9.15 Å². The Kier molecular flexibility index (Phi) is 4.91. The van der Waals surface area contributed by atoms with Crippen molar-refractivity contribution in [2.24, 2.45) is 0 Å². The number of nitrogens with zero attached hydrogens (tertiary/aromatic N) is 1. The Bertz CT molecular complexity index is 1160. The molecule has 6 heteroatoms. The summed E-state index contributed by atoms with van der Waals surface area (Å²) in [5.74, 6) is 0.679. The molecule has 0 bridgehead atoms. The molecule has 3 aromatic carbocycles. The number of fused-ring (bicyclic) bond motifs is 1. The molecule has 0 spiro atoms. The molecule has 0 unspecified atom stereocenters. The van der Waals surface area contributed by atoms with Crippen molar-refractivity contribution in [3.05, 3.63) is 71.8 Å². The van der Waals surface area contributed by atoms with Gasteiger partial charge in [0.15, 0.2) is 12.2 Å². The monoisotopic (exact) mass is 388 g/mol. The molecular formula is C23H20N2O4. The fraction of sp³-hybridized carbons (Fsp3) is 0.130. The van der Waals surface area contributed by atoms with E-state index in [1.807, 2.05) is 49.4 Å². The van der Waals surface area contributed by atoms with Crippen LogP contribution in [-0.2, 0) is 4.79 Å². The van der Waals surface area contributed by atoms with Gasteiger partial charge in [-0.05, 0) is 61.4 Å². The molecule has 0 aliphatic heterocycles. The van der Waals surface area contributed by atoms with E-state index in [2.05, 4.69) is 10.3 Å². The summed E-state index contributed by atoms with van der Waals surface area (Å²) in [5, 5.41) is 13.3. The summed E-state index contributed by atoms with van der Waals surface area (Å²) in [4.78, 5) is 16.7. The fourth-order valence-corrected chi connectivity index (χ4v) is 3.05. The number of aryl methyl sites for hydroxylation is 2. The van der Waals surface area contributed by atoms with E-state index in [1.165, 1.54) is 0 Å². The molecular weight excluding hydrogens is 368 g/mol. The Balaban J connectivity index is 1.54. The third kappa shape index (κ3) is 4.06. The first kappa shape index (κ1) is 18.6. The Morgan fingerprint density at radius 2 is 1.93 bits per heavy atom. The highest BCUT2D eigenvalue weighted by molar-refractivity contribution is 5.93. The number of hydrogen-bond acceptors (Lipinski definition) is 5. The van der Waals surface area contributed by atoms with Crippen LogP contribution < -0.4 is 10.1 Å². The van der Waals surface area contributed by atoms with Crippen LogP contribution in [0.2, 0.25) is 0 Å². The smallest absolute Gasteiger partial charge is 0.262 e. The average molecular weight is 388 g/mol. The van der Waals surface area contributed by atoms with Crippen LogP contribution >= 0.6 is 0 Å². The number of amides is 1. The fourth-order valence-electron chi connectivity index (χ4n) is 3.05. The van der Waals surface area contributed by atoms with Crippen LogP contribution in [-0.4, -0.2) is 22.6 Å². The van der Waals surface area contributed by atoms with Gasteiger partial charge in [0.25, 0.3) is 5.91 Å². The standard InChI is InChI=1S/C23H20N2O4/c1-14-6-5-7-17(10-14)28-13-21(26)24-16-11-15(2)22(27)18(12-16)23-25-19-8-3-4-9-20(19)29-23/h3-12,27H,13H2,1-2H3,(H,24,26). The normalized spacial score (nSPS) is 10.8. The summed E-state index contributed by atoms with van der Waals surface area (Å²) in [7, 11) is 0. The van der Waals surface area contributed by atoms with E-state index in [0.29, 0.717) is 39.6 Å². The zero-order chi connectivity index (χ0) is 20.4. The lowest BCUT2D eigenvalue weighted by Crippen LogP contribution is -2.20. The summed E-state index contributed by atoms with van der Waals surface area (Å²) in [6.45, 7) is 3.59. The number of hydrogen-bond donors (Lipinski definition) is 2. The number of oxazole rings is 1. The van der Waals surface area contributed by atoms with Gasteiger partial charge in [-0.3, -0.25) is 4.79 Å². The van der Waals surface area contributed by atoms with E-state index in [-0.39, 0.29) is 18.3 Å². The lowest BCUT2D eigenvalue weighted by atomic mass is 10.1. The minimum absolute atomic E-state index is 0.0607. The molecule has 1 heterocycles. The molecule has 6 nitrogen and oxygen atoms in total. The molecule has 2 N–H and O–H groups in total. The number of para-hydroxylation sites is 2. The van der Waals surface area contributed by atoms with Crippen molar-refractivity contribution >= 4 is 22.7 Å². The lowest BCUT2D eigenvalue weighted by molar-refractivity contribution is -0.118. The van der Waals surface area contributed by atoms with Gasteiger partial charge in [0, 0.05) is 5.69 Å². The molecule has 0 atom stereocenters. The maximum atomic E-state index is 12.3. The van der Waals surface area contributed by atoms with E-state index < -0.39 is 0 Å². The van der Waals surface area contributed by atoms with Crippen molar-refractivity contribution in [2.45, 2.75) is 13.8 Å². The van der Waals surface area contributed by atoms with Gasteiger partial charge in [0.1, 0.15) is 17.0 Å². The Labute approximate surface area is 167 Å². The second-order valence-electron chi connectivity index (χ2n) is 6.83. The predicted molar refractivity (Wildman–Crippen MR) is 111 cm³/mol. The van der Waals surface area contributed by atoms with Gasteiger partial charge in [0.05, 0.1) is 5.56 Å². The molecule has 1 amide bonds. The van der Waals surface area contributed by atoms with Gasteiger partial charge in [-0.2, -0.15) is 0 Å². The quantitative estimate of drug-likeness (QED) is 0.478. The number of anilines is 1. The van der Waals surface area contributed by atoms with Gasteiger partial charge in [-0.25, -0.2) is 4.98 Å². The van der Waals surface area contributed by atoms with E-state index in [1.54, 1.807) is 25.1 Å². The zero-order valence-corrected chi connectivity index (χ0v) is 16.1. The minimum Gasteiger partial charge on any atom is -0.507 e. The Morgan fingerprint density at radius 3 is 2.72 bits per heavy atom. The number of benzene rings is 3. The number of aromatic hydroxyl groups is 1. The summed E-state index contributed by atoms with van der Waals surface area (Å²) < 4.78 is 11.3. The molecule has 0 aliphatic carbocycles. The van der Waals surface area contributed by atoms with E-state index >= 15 is 0 Å². The van der Waals surface area contributed by atoms with E-state index in [9.17, 15) is 9.90 Å². The van der Waals surface area contributed by atoms with Crippen molar-refractivity contribution in [3.8, 4) is 23.0 Å². The molecule has 1 aromatic heterocycles. The van der Waals surface area contributed by atoms with Crippen LogP contribution in [0.5, 0.6) is 11.5 Å². The summed E-state index contributed by atoms with van der Waals surface area (Å²) >= 11 is 0. The topological polar surface area (TPSA) is 84.6 Å². The van der Waals surface area contributed by atoms with Crippen LogP contribution in [0.15, 0.2) is 65.1 Å². The van der Waals surface area contributed by atoms with Crippen molar-refractivity contribution in [3.63, 3.8) is 0 Å². The van der Waals surface area contributed by atoms with Crippen molar-refractivity contribution < 1.29 is 19.1 Å². The Morgan fingerprint density at radius 1 is 1.10 bits per heavy atom. The van der Waals surface area contributed by atoms with Gasteiger partial charge >= 0.3 is 0 Å². The number of phenols is 1. The van der Waals surface area contributed by atoms with Crippen LogP contribution in [0, 0.1) is 13.8 Å². The largest absolute Gasteiger partial charge is 0.507 e. The number of aromatic nitrogens is 1. The molecule has 0 aliphatic rings. The highest BCUT2D eigenvalue weighted by atomic mass is 16.5. The number of carbonyl (C=O) groups is 1. The molecule has 0 saturated carbocycles. The molecule has 0 fully saturated rings. The third-order valence-electron chi connectivity index (χ3n) is 4.47. The van der Waals surface area contributed by atoms with Gasteiger partial charge in [0.2, 0.25) is 5.89 Å². The first-order valence-corrected chi connectivity index (χ1v) is 9.18. The van der Waals surface area contributed by atoms with Crippen LogP contribution in [0.3, 0.4) is 0 Å². The third-order valence-corrected chi connectivity index (χ3v) is 4.47. The Hall–Kier alpha value is -3.80. The number of ether oxygens (including phenoxy) is 1. The molecule has 0 saturated heterocycles. The van der Waals surface area contributed by atoms with Crippen LogP contribution in [0.25, 0.3) is 22.6 Å². The van der Waals surface area contributed by atoms with Gasteiger partial charge in [-0.1, -0.05) is 24.3 Å². The van der Waals surface area contributed by atoms with E-state index in [0.717, 1.165) is 5.56 Å². The molecule has 29 heavy (non-hydrogen) atoms. The highest BCUT2D eigenvalue weighted by Crippen LogP contribution is 2.36. The second kappa shape index (κ2) is 7.67. The number of phenolic OH excluding ortho intramolecular Hbond substituents is 1. The SMILES string of the molecule is Cc1cccc(OCC(=O)Nc2cc(C)c(O)c(-c3nc4ccccc4o3)c2)c1. The second-order valence-corrected chi connectivity index (χ2v) is 6.83. The van der Waals surface area contributed by atoms with Crippen LogP contribution in [0.1, 0.15) is 11.1 Å². The summed E-state index contributed by atoms with van der Waals surface area (Å²) in [6, 6.07) is 18.2. The number of rotatable bonds is 5. The number of carbonyl (C=O) groups excluding carboxylic acids is 1. The summed E-state index contributed by atoms with van der Waals surface area (Å²) in [5.41, 5.74) is 3.91. The van der Waals surface area contributed by atoms with Crippen molar-refractivity contribution in [1.29, 1.82) is 0 Å². The van der Waals surface area contributed by atoms with Crippen molar-refractivity contribution in [2.75, 3.05) is 11.9 Å². The predicted octanol–water partition coefficient (Wildman–Crippen LogP) is 4.83. The average Bonchev–Trinajstić information content (AvgIpc) is 3.13. The van der Waals surface area contributed by atoms with Crippen LogP contribution in [0.4, 0.5) is 5.69 Å². The molecule has 4 rings (SSSR count). The minimum atomic E-state index is -0.305. The lowest BCUT2D eigenvalue weighted by Gasteiger charge is -2.11. The van der Waals surface area contributed by atoms with Gasteiger partial charge in [-0.15, -0.1) is 0 Å². The molecule has 0 radical (unpaired) electrons. The maximum Gasteiger partial charge on any atom is 0.262 e. The van der Waals surface area contributed by atoms with Gasteiger partial charge < -0.3 is 19.6 Å². The first-order chi connectivity index (χ1) is 14.0. The zero-order valence-electron chi connectivity index (χ0n) is 16.1. The maximum absolute atomic E-state index is 12.3. The molecule has 4 aromatic rings. The first-order valence-electron chi connectivity index (χ1n) is 9.18. The molecule has 146 valence electrons. The van der Waals surface area contributed by atoms with Crippen molar-refractivity contribution in [1.82, 2.24) is 4.98 Å².